The second-order valence-corrected chi connectivity index (χ2v) is 9.66. The molecule has 10 heteroatoms. The van der Waals surface area contributed by atoms with Gasteiger partial charge in [-0.05, 0) is 32.9 Å². The molecule has 3 aromatic heterocycles. The second-order valence-electron chi connectivity index (χ2n) is 9.66. The number of aromatic nitrogens is 5. The van der Waals surface area contributed by atoms with Gasteiger partial charge in [-0.25, -0.2) is 9.67 Å². The van der Waals surface area contributed by atoms with Crippen LogP contribution in [0.2, 0.25) is 0 Å². The fourth-order valence-electron chi connectivity index (χ4n) is 4.30. The van der Waals surface area contributed by atoms with Crippen LogP contribution in [0.4, 0.5) is 5.82 Å². The summed E-state index contributed by atoms with van der Waals surface area (Å²) in [4.78, 5) is 7.17. The van der Waals surface area contributed by atoms with Crippen molar-refractivity contribution >= 4 is 11.5 Å². The molecule has 0 saturated carbocycles. The highest BCUT2D eigenvalue weighted by atomic mass is 16.5. The molecule has 0 amide bonds. The molecule has 36 heavy (non-hydrogen) atoms. The molecule has 1 aliphatic heterocycles. The lowest BCUT2D eigenvalue weighted by molar-refractivity contribution is 0.0443. The Labute approximate surface area is 210 Å². The van der Waals surface area contributed by atoms with E-state index in [1.807, 2.05) is 39.7 Å². The van der Waals surface area contributed by atoms with Crippen molar-refractivity contribution in [2.75, 3.05) is 44.3 Å². The molecule has 190 valence electrons. The molecule has 10 nitrogen and oxygen atoms in total. The molecular weight excluding hydrogens is 456 g/mol. The molecule has 4 aromatic rings. The van der Waals surface area contributed by atoms with Crippen molar-refractivity contribution in [2.24, 2.45) is 0 Å². The fourth-order valence-corrected chi connectivity index (χ4v) is 4.30. The van der Waals surface area contributed by atoms with Crippen molar-refractivity contribution in [3.63, 3.8) is 0 Å². The van der Waals surface area contributed by atoms with Gasteiger partial charge in [-0.15, -0.1) is 0 Å². The summed E-state index contributed by atoms with van der Waals surface area (Å²) < 4.78 is 9.31. The third-order valence-electron chi connectivity index (χ3n) is 6.08. The number of anilines is 1. The normalized spacial score (nSPS) is 14.6. The van der Waals surface area contributed by atoms with E-state index in [0.717, 1.165) is 47.3 Å². The maximum Gasteiger partial charge on any atom is 0.160 e. The van der Waals surface area contributed by atoms with Crippen LogP contribution in [-0.2, 0) is 11.3 Å². The van der Waals surface area contributed by atoms with Crippen LogP contribution in [0.15, 0.2) is 48.7 Å². The highest BCUT2D eigenvalue weighted by molar-refractivity contribution is 5.60. The Balaban J connectivity index is 1.42. The first-order chi connectivity index (χ1) is 17.4. The maximum absolute atomic E-state index is 9.80. The molecule has 5 rings (SSSR count). The van der Waals surface area contributed by atoms with Gasteiger partial charge in [-0.1, -0.05) is 23.8 Å². The molecule has 1 fully saturated rings. The van der Waals surface area contributed by atoms with Crippen LogP contribution in [0.5, 0.6) is 0 Å². The molecule has 0 aliphatic carbocycles. The number of hydrogen-bond donors (Lipinski definition) is 3. The van der Waals surface area contributed by atoms with Crippen molar-refractivity contribution in [3.05, 3.63) is 59.9 Å². The predicted molar refractivity (Wildman–Crippen MR) is 139 cm³/mol. The summed E-state index contributed by atoms with van der Waals surface area (Å²) in [6.07, 6.45) is 1.95. The summed E-state index contributed by atoms with van der Waals surface area (Å²) in [5, 5.41) is 25.9. The van der Waals surface area contributed by atoms with Crippen molar-refractivity contribution in [3.8, 4) is 17.1 Å². The minimum Gasteiger partial charge on any atom is -0.378 e. The molecule has 0 bridgehead atoms. The van der Waals surface area contributed by atoms with Gasteiger partial charge in [0.15, 0.2) is 11.5 Å². The predicted octanol–water partition coefficient (Wildman–Crippen LogP) is 2.13. The molecule has 0 atom stereocenters. The van der Waals surface area contributed by atoms with E-state index >= 15 is 0 Å². The summed E-state index contributed by atoms with van der Waals surface area (Å²) in [7, 11) is 0. The molecule has 1 saturated heterocycles. The molecule has 0 radical (unpaired) electrons. The van der Waals surface area contributed by atoms with E-state index in [1.54, 1.807) is 13.8 Å². The lowest BCUT2D eigenvalue weighted by Crippen LogP contribution is -2.42. The lowest BCUT2D eigenvalue weighted by atomic mass is 10.1. The molecular formula is C26H34N8O2. The van der Waals surface area contributed by atoms with Crippen molar-refractivity contribution < 1.29 is 9.84 Å². The lowest BCUT2D eigenvalue weighted by Gasteiger charge is -2.29. The van der Waals surface area contributed by atoms with Crippen molar-refractivity contribution in [1.82, 2.24) is 35.0 Å². The number of fused-ring (bicyclic) bond motifs is 1. The monoisotopic (exact) mass is 490 g/mol. The van der Waals surface area contributed by atoms with E-state index in [0.29, 0.717) is 32.8 Å². The number of morpholine rings is 1. The van der Waals surface area contributed by atoms with Crippen LogP contribution in [0.1, 0.15) is 25.1 Å². The number of aryl methyl sites for hydroxylation is 1. The van der Waals surface area contributed by atoms with Crippen LogP contribution < -0.4 is 15.5 Å². The number of aliphatic hydroxyl groups is 1. The van der Waals surface area contributed by atoms with E-state index in [1.165, 1.54) is 5.56 Å². The maximum atomic E-state index is 9.80. The summed E-state index contributed by atoms with van der Waals surface area (Å²) in [6.45, 7) is 10.5. The van der Waals surface area contributed by atoms with Gasteiger partial charge in [0, 0.05) is 56.6 Å². The summed E-state index contributed by atoms with van der Waals surface area (Å²) in [6, 6.07) is 14.4. The van der Waals surface area contributed by atoms with Gasteiger partial charge in [0.1, 0.15) is 11.5 Å². The standard InChI is InChI=1S/C26H34N8O2/c1-19-5-4-6-20(15-19)22-7-10-33(31-22)23-17-25(32-11-13-36-14-12-32)34-24(29-23)16-21(30-34)18-27-8-9-28-26(2,3)35/h4-7,10,15-17,27-28,35H,8-9,11-14,18H2,1-3H3. The average Bonchev–Trinajstić information content (AvgIpc) is 3.50. The van der Waals surface area contributed by atoms with Gasteiger partial charge in [-0.3, -0.25) is 5.32 Å². The first-order valence-electron chi connectivity index (χ1n) is 12.4. The van der Waals surface area contributed by atoms with Crippen molar-refractivity contribution in [2.45, 2.75) is 33.0 Å². The van der Waals surface area contributed by atoms with Gasteiger partial charge in [-0.2, -0.15) is 14.7 Å². The molecule has 3 N–H and O–H groups in total. The molecule has 1 aliphatic rings. The van der Waals surface area contributed by atoms with Crippen LogP contribution in [0, 0.1) is 6.92 Å². The third-order valence-corrected chi connectivity index (χ3v) is 6.08. The summed E-state index contributed by atoms with van der Waals surface area (Å²) in [5.74, 6) is 1.72. The summed E-state index contributed by atoms with van der Waals surface area (Å²) >= 11 is 0. The SMILES string of the molecule is Cc1cccc(-c2ccn(-c3cc(N4CCOCC4)n4nc(CNCCNC(C)(C)O)cc4n3)n2)c1. The topological polar surface area (TPSA) is 105 Å². The van der Waals surface area contributed by atoms with E-state index in [2.05, 4.69) is 40.7 Å². The Bertz CT molecular complexity index is 1320. The third kappa shape index (κ3) is 5.73. The zero-order valence-electron chi connectivity index (χ0n) is 21.1. The molecule has 1 aromatic carbocycles. The van der Waals surface area contributed by atoms with Gasteiger partial charge >= 0.3 is 0 Å². The van der Waals surface area contributed by atoms with Crippen LogP contribution in [-0.4, -0.2) is 74.6 Å². The number of hydrogen-bond acceptors (Lipinski definition) is 8. The van der Waals surface area contributed by atoms with E-state index in [4.69, 9.17) is 19.9 Å². The van der Waals surface area contributed by atoms with Crippen LogP contribution in [0.3, 0.4) is 0 Å². The Morgan fingerprint density at radius 1 is 1.06 bits per heavy atom. The largest absolute Gasteiger partial charge is 0.378 e. The average molecular weight is 491 g/mol. The Morgan fingerprint density at radius 3 is 2.67 bits per heavy atom. The van der Waals surface area contributed by atoms with Crippen molar-refractivity contribution in [1.29, 1.82) is 0 Å². The zero-order chi connectivity index (χ0) is 25.1. The minimum absolute atomic E-state index is 0.605. The molecule has 0 unspecified atom stereocenters. The molecule has 4 heterocycles. The van der Waals surface area contributed by atoms with Gasteiger partial charge in [0.25, 0.3) is 0 Å². The first-order valence-corrected chi connectivity index (χ1v) is 12.4. The smallest absolute Gasteiger partial charge is 0.160 e. The van der Waals surface area contributed by atoms with Gasteiger partial charge < -0.3 is 20.1 Å². The summed E-state index contributed by atoms with van der Waals surface area (Å²) in [5.41, 5.74) is 3.98. The van der Waals surface area contributed by atoms with Gasteiger partial charge in [0.05, 0.1) is 24.6 Å². The Morgan fingerprint density at radius 2 is 1.89 bits per heavy atom. The number of ether oxygens (including phenoxy) is 1. The molecule has 0 spiro atoms. The highest BCUT2D eigenvalue weighted by Gasteiger charge is 2.19. The highest BCUT2D eigenvalue weighted by Crippen LogP contribution is 2.23. The Hall–Kier alpha value is -3.31. The minimum atomic E-state index is -0.885. The van der Waals surface area contributed by atoms with E-state index in [-0.39, 0.29) is 0 Å². The van der Waals surface area contributed by atoms with E-state index < -0.39 is 5.72 Å². The number of benzene rings is 1. The fraction of sp³-hybridized carbons (Fsp3) is 0.423. The first kappa shape index (κ1) is 24.4. The van der Waals surface area contributed by atoms with Gasteiger partial charge in [0.2, 0.25) is 0 Å². The van der Waals surface area contributed by atoms with Crippen LogP contribution in [0.25, 0.3) is 22.7 Å². The zero-order valence-corrected chi connectivity index (χ0v) is 21.1. The number of nitrogens with one attached hydrogen (secondary N) is 2. The Kier molecular flexibility index (Phi) is 7.01. The van der Waals surface area contributed by atoms with Crippen LogP contribution >= 0.6 is 0 Å². The van der Waals surface area contributed by atoms with E-state index in [9.17, 15) is 5.11 Å². The number of nitrogens with zero attached hydrogens (tertiary/aromatic N) is 6. The number of rotatable bonds is 9. The quantitative estimate of drug-likeness (QED) is 0.242. The second kappa shape index (κ2) is 10.4.